The topological polar surface area (TPSA) is 17.1 Å². The Morgan fingerprint density at radius 2 is 1.32 bits per heavy atom. The molecule has 0 aliphatic heterocycles. The smallest absolute Gasteiger partial charge is 0.174 e. The molecule has 0 radical (unpaired) electrons. The summed E-state index contributed by atoms with van der Waals surface area (Å²) in [5.74, 6) is 2.31. The van der Waals surface area contributed by atoms with Gasteiger partial charge in [-0.1, -0.05) is 0 Å². The molecule has 120 valence electrons. The molecule has 0 aromatic rings. The van der Waals surface area contributed by atoms with Crippen molar-refractivity contribution in [2.45, 2.75) is 6.92 Å². The van der Waals surface area contributed by atoms with Crippen molar-refractivity contribution in [2.24, 2.45) is 0 Å². The number of rotatable bonds is 7. The average molecular weight is 538 g/mol. The van der Waals surface area contributed by atoms with Gasteiger partial charge in [0.25, 0.3) is 0 Å². The van der Waals surface area contributed by atoms with Crippen molar-refractivity contribution in [1.82, 2.24) is 0 Å². The van der Waals surface area contributed by atoms with Crippen LogP contribution in [-0.4, -0.2) is 81.0 Å². The third kappa shape index (κ3) is 13.2. The first-order chi connectivity index (χ1) is 7.92. The van der Waals surface area contributed by atoms with Gasteiger partial charge in [0, 0.05) is 18.4 Å². The molecule has 0 aliphatic carbocycles. The number of halogens is 2. The van der Waals surface area contributed by atoms with Crippen molar-refractivity contribution >= 4 is 67.3 Å². The minimum absolute atomic E-state index is 0. The molecule has 0 aromatic heterocycles. The van der Waals surface area contributed by atoms with Crippen molar-refractivity contribution in [3.8, 4) is 0 Å². The van der Waals surface area contributed by atoms with Crippen molar-refractivity contribution in [3.63, 3.8) is 0 Å². The van der Waals surface area contributed by atoms with Crippen molar-refractivity contribution in [2.75, 3.05) is 66.9 Å². The van der Waals surface area contributed by atoms with E-state index in [0.29, 0.717) is 5.12 Å². The summed E-state index contributed by atoms with van der Waals surface area (Å²) in [6.45, 7) is 4.07. The molecule has 0 N–H and O–H groups in total. The Kier molecular flexibility index (Phi) is 11.8. The fourth-order valence-corrected chi connectivity index (χ4v) is 12.1. The minimum atomic E-state index is -0.411. The Balaban J connectivity index is 0. The third-order valence-electron chi connectivity index (χ3n) is 2.56. The van der Waals surface area contributed by atoms with Gasteiger partial charge in [0.15, 0.2) is 5.12 Å². The summed E-state index contributed by atoms with van der Waals surface area (Å²) in [6.07, 6.45) is 0. The molecule has 7 heteroatoms. The first-order valence-electron chi connectivity index (χ1n) is 6.24. The van der Waals surface area contributed by atoms with Crippen LogP contribution in [0.15, 0.2) is 0 Å². The van der Waals surface area contributed by atoms with Crippen LogP contribution < -0.4 is 0 Å². The summed E-state index contributed by atoms with van der Waals surface area (Å²) in [5, 5.41) is 0.445. The highest BCUT2D eigenvalue weighted by Crippen LogP contribution is 2.59. The lowest BCUT2D eigenvalue weighted by molar-refractivity contribution is -0.867. The highest BCUT2D eigenvalue weighted by molar-refractivity contribution is 14.2. The molecule has 0 fully saturated rings. The number of carbonyl (C=O) groups is 1. The zero-order valence-electron chi connectivity index (χ0n) is 13.3. The molecule has 0 saturated carbocycles. The van der Waals surface area contributed by atoms with Crippen LogP contribution in [-0.2, 0) is 4.79 Å². The monoisotopic (exact) mass is 538 g/mol. The van der Waals surface area contributed by atoms with Crippen molar-refractivity contribution < 1.29 is 13.8 Å². The van der Waals surface area contributed by atoms with E-state index in [1.54, 1.807) is 6.92 Å². The van der Waals surface area contributed by atoms with E-state index >= 15 is 0 Å². The summed E-state index contributed by atoms with van der Waals surface area (Å²) in [5.41, 5.74) is 0. The lowest BCUT2D eigenvalue weighted by atomic mass is 10.6. The Morgan fingerprint density at radius 3 is 1.63 bits per heavy atom. The van der Waals surface area contributed by atoms with Gasteiger partial charge in [-0.3, -0.25) is 4.79 Å². The summed E-state index contributed by atoms with van der Waals surface area (Å²) in [4.78, 5) is 11.9. The zero-order chi connectivity index (χ0) is 14.6. The number of nitrogens with zero attached hydrogens (tertiary/aromatic N) is 2. The Morgan fingerprint density at radius 1 is 0.947 bits per heavy atom. The Bertz CT molecular complexity index is 278. The van der Waals surface area contributed by atoms with Gasteiger partial charge in [-0.15, -0.1) is 24.0 Å². The van der Waals surface area contributed by atoms with Gasteiger partial charge in [-0.05, 0) is 21.2 Å². The lowest BCUT2D eigenvalue weighted by Crippen LogP contribution is -2.38. The van der Waals surface area contributed by atoms with Crippen LogP contribution in [0.25, 0.3) is 0 Å². The summed E-state index contributed by atoms with van der Waals surface area (Å²) >= 11 is 2.57. The van der Waals surface area contributed by atoms with Gasteiger partial charge in [-0.25, -0.2) is 0 Å². The van der Waals surface area contributed by atoms with Crippen LogP contribution in [0, 0.1) is 0 Å². The largest absolute Gasteiger partial charge is 0.330 e. The van der Waals surface area contributed by atoms with E-state index in [-0.39, 0.29) is 31.1 Å². The minimum Gasteiger partial charge on any atom is -0.330 e. The number of thiol groups is 2. The van der Waals surface area contributed by atoms with E-state index in [4.69, 9.17) is 0 Å². The number of hydrogen-bond donors (Lipinski definition) is 2. The molecule has 0 spiro atoms. The van der Waals surface area contributed by atoms with Gasteiger partial charge in [0.05, 0.1) is 55.4 Å². The molecule has 0 saturated heterocycles. The van der Waals surface area contributed by atoms with Gasteiger partial charge in [0.2, 0.25) is 0 Å². The maximum absolute atomic E-state index is 11.9. The number of hydrogen-bond acceptors (Lipinski definition) is 1. The molecule has 0 aromatic carbocycles. The number of carbonyl (C=O) groups excluding carboxylic acids is 1. The summed E-state index contributed by atoms with van der Waals surface area (Å²) in [6, 6.07) is 0. The van der Waals surface area contributed by atoms with Crippen molar-refractivity contribution in [1.29, 1.82) is 0 Å². The molecule has 2 unspecified atom stereocenters. The number of quaternary nitrogens is 2. The highest BCUT2D eigenvalue weighted by atomic mass is 127. The second-order valence-electron chi connectivity index (χ2n) is 6.73. The van der Waals surface area contributed by atoms with E-state index in [9.17, 15) is 4.79 Å². The van der Waals surface area contributed by atoms with E-state index in [0.717, 1.165) is 21.3 Å². The average Bonchev–Trinajstić information content (AvgIpc) is 2.11. The van der Waals surface area contributed by atoms with E-state index in [1.807, 2.05) is 0 Å². The first kappa shape index (κ1) is 23.0. The molecule has 3 nitrogen and oxygen atoms in total. The Labute approximate surface area is 153 Å². The summed E-state index contributed by atoms with van der Waals surface area (Å²) < 4.78 is 1.96. The summed E-state index contributed by atoms with van der Waals surface area (Å²) in [7, 11) is 12.7. The Hall–Kier alpha value is 1.75. The van der Waals surface area contributed by atoms with Crippen LogP contribution >= 0.6 is 62.2 Å². The highest BCUT2D eigenvalue weighted by Gasteiger charge is 2.21. The van der Waals surface area contributed by atoms with Gasteiger partial charge >= 0.3 is 0 Å². The second kappa shape index (κ2) is 9.70. The molecule has 0 heterocycles. The van der Waals surface area contributed by atoms with Gasteiger partial charge < -0.3 is 8.97 Å². The molecular formula is C12H32I2N2OS2+2. The van der Waals surface area contributed by atoms with Gasteiger partial charge in [0.1, 0.15) is 0 Å². The fraction of sp³-hybridized carbons (Fsp3) is 0.917. The zero-order valence-corrected chi connectivity index (χ0v) is 19.6. The van der Waals surface area contributed by atoms with Crippen LogP contribution in [0.4, 0.5) is 0 Å². The maximum atomic E-state index is 11.9. The van der Waals surface area contributed by atoms with E-state index < -0.39 is 9.93 Å². The molecule has 19 heavy (non-hydrogen) atoms. The molecule has 0 aliphatic rings. The lowest BCUT2D eigenvalue weighted by Gasteiger charge is -2.33. The predicted octanol–water partition coefficient (Wildman–Crippen LogP) is 2.83. The maximum Gasteiger partial charge on any atom is 0.174 e. The SMILES string of the molecule is CC(=O)[SH](CC[N+](C)(C)C)[SH](I)CC[N+](C)(C)C.I. The molecule has 0 rings (SSSR count). The molecular weight excluding hydrogens is 506 g/mol. The van der Waals surface area contributed by atoms with Crippen LogP contribution in [0.5, 0.6) is 0 Å². The first-order valence-corrected chi connectivity index (χ1v) is 12.8. The van der Waals surface area contributed by atoms with Crippen LogP contribution in [0.1, 0.15) is 6.92 Å². The van der Waals surface area contributed by atoms with Gasteiger partial charge in [-0.2, -0.15) is 17.0 Å². The van der Waals surface area contributed by atoms with Crippen LogP contribution in [0.2, 0.25) is 0 Å². The van der Waals surface area contributed by atoms with E-state index in [1.165, 1.54) is 12.3 Å². The second-order valence-corrected chi connectivity index (χ2v) is 18.4. The van der Waals surface area contributed by atoms with E-state index in [2.05, 4.69) is 63.5 Å². The van der Waals surface area contributed by atoms with Crippen molar-refractivity contribution in [3.05, 3.63) is 0 Å². The van der Waals surface area contributed by atoms with Crippen LogP contribution in [0.3, 0.4) is 0 Å². The third-order valence-corrected chi connectivity index (χ3v) is 14.8. The molecule has 0 bridgehead atoms. The quantitative estimate of drug-likeness (QED) is 0.221. The molecule has 0 amide bonds. The predicted molar refractivity (Wildman–Crippen MR) is 114 cm³/mol. The standard InChI is InChI=1S/C12H31IN2OS2.HI/c1-12(16)17(10-8-14(2,3)4)18(13)11-9-15(5,6)7;/h17-18H,8-11H2,1-7H3;1H/q+2;. The molecule has 2 atom stereocenters. The fourth-order valence-electron chi connectivity index (χ4n) is 1.32. The normalized spacial score (nSPS) is 17.5.